The van der Waals surface area contributed by atoms with Gasteiger partial charge in [-0.15, -0.1) is 0 Å². The first kappa shape index (κ1) is 7.68. The number of Topliss-reactive ketones (excluding diaryl/α,β-unsaturated/α-hetero) is 1. The number of ketones is 1. The average molecular weight is 163 g/mol. The fourth-order valence-corrected chi connectivity index (χ4v) is 1.56. The molecule has 4 nitrogen and oxygen atoms in total. The minimum Gasteiger partial charge on any atom is -0.298 e. The Kier molecular flexibility index (Phi) is 1.78. The molecule has 1 fully saturated rings. The molecule has 1 rings (SSSR count). The topological polar surface area (TPSA) is 63.2 Å². The molecule has 1 N–H and O–H groups in total. The lowest BCUT2D eigenvalue weighted by molar-refractivity contribution is -0.125. The summed E-state index contributed by atoms with van der Waals surface area (Å²) in [5.41, 5.74) is 0. The molecule has 0 heterocycles. The molecule has 0 aromatic heterocycles. The summed E-state index contributed by atoms with van der Waals surface area (Å²) in [6, 6.07) is -0.435. The van der Waals surface area contributed by atoms with E-state index in [9.17, 15) is 13.2 Å². The third kappa shape index (κ3) is 1.78. The highest BCUT2D eigenvalue weighted by molar-refractivity contribution is 7.88. The Morgan fingerprint density at radius 2 is 2.20 bits per heavy atom. The Morgan fingerprint density at radius 3 is 2.30 bits per heavy atom. The molecular weight excluding hydrogens is 154 g/mol. The second-order valence-electron chi connectivity index (χ2n) is 2.45. The van der Waals surface area contributed by atoms with E-state index in [1.165, 1.54) is 0 Å². The number of rotatable bonds is 2. The van der Waals surface area contributed by atoms with Crippen LogP contribution in [0.1, 0.15) is 12.8 Å². The van der Waals surface area contributed by atoms with Crippen LogP contribution in [-0.4, -0.2) is 26.5 Å². The predicted octanol–water partition coefficient (Wildman–Crippen LogP) is -0.733. The van der Waals surface area contributed by atoms with Gasteiger partial charge in [0.15, 0.2) is 5.78 Å². The zero-order valence-electron chi connectivity index (χ0n) is 5.62. The second-order valence-corrected chi connectivity index (χ2v) is 4.23. The molecule has 58 valence electrons. The Bertz CT molecular complexity index is 244. The smallest absolute Gasteiger partial charge is 0.209 e. The maximum Gasteiger partial charge on any atom is 0.209 e. The van der Waals surface area contributed by atoms with E-state index in [-0.39, 0.29) is 5.78 Å². The number of hydrogen-bond acceptors (Lipinski definition) is 3. The lowest BCUT2D eigenvalue weighted by Crippen LogP contribution is -2.46. The molecule has 1 aliphatic carbocycles. The van der Waals surface area contributed by atoms with Gasteiger partial charge in [-0.1, -0.05) is 0 Å². The summed E-state index contributed by atoms with van der Waals surface area (Å²) in [5, 5.41) is 0. The van der Waals surface area contributed by atoms with Crippen molar-refractivity contribution in [2.24, 2.45) is 0 Å². The summed E-state index contributed by atoms with van der Waals surface area (Å²) in [7, 11) is -3.19. The number of carbonyl (C=O) groups is 1. The molecule has 0 aromatic carbocycles. The van der Waals surface area contributed by atoms with Crippen LogP contribution in [0.2, 0.25) is 0 Å². The maximum absolute atomic E-state index is 10.6. The van der Waals surface area contributed by atoms with Crippen molar-refractivity contribution in [1.29, 1.82) is 0 Å². The Balaban J connectivity index is 2.48. The Labute approximate surface area is 59.7 Å². The molecule has 1 unspecified atom stereocenters. The molecule has 0 aliphatic heterocycles. The van der Waals surface area contributed by atoms with Gasteiger partial charge in [0.1, 0.15) is 0 Å². The van der Waals surface area contributed by atoms with E-state index in [2.05, 4.69) is 4.72 Å². The highest BCUT2D eigenvalue weighted by atomic mass is 32.2. The zero-order chi connectivity index (χ0) is 7.78. The lowest BCUT2D eigenvalue weighted by Gasteiger charge is -2.23. The summed E-state index contributed by atoms with van der Waals surface area (Å²) >= 11 is 0. The Morgan fingerprint density at radius 1 is 1.60 bits per heavy atom. The summed E-state index contributed by atoms with van der Waals surface area (Å²) < 4.78 is 23.3. The van der Waals surface area contributed by atoms with Crippen LogP contribution in [0.4, 0.5) is 0 Å². The molecule has 0 radical (unpaired) electrons. The van der Waals surface area contributed by atoms with E-state index in [1.54, 1.807) is 0 Å². The monoisotopic (exact) mass is 163 g/mol. The van der Waals surface area contributed by atoms with Crippen molar-refractivity contribution in [3.05, 3.63) is 0 Å². The fourth-order valence-electron chi connectivity index (χ4n) is 0.790. The Hall–Kier alpha value is -0.420. The van der Waals surface area contributed by atoms with Gasteiger partial charge in [-0.2, -0.15) is 0 Å². The van der Waals surface area contributed by atoms with Gasteiger partial charge in [-0.3, -0.25) is 4.79 Å². The van der Waals surface area contributed by atoms with Crippen molar-refractivity contribution in [2.45, 2.75) is 18.9 Å². The number of sulfonamides is 1. The van der Waals surface area contributed by atoms with Gasteiger partial charge < -0.3 is 0 Å². The van der Waals surface area contributed by atoms with Crippen LogP contribution in [0, 0.1) is 0 Å². The molecule has 0 aromatic rings. The van der Waals surface area contributed by atoms with Gasteiger partial charge in [0, 0.05) is 6.42 Å². The highest BCUT2D eigenvalue weighted by Gasteiger charge is 2.29. The van der Waals surface area contributed by atoms with Crippen LogP contribution < -0.4 is 4.72 Å². The quantitative estimate of drug-likeness (QED) is 0.583. The molecular formula is C5H9NO3S. The second kappa shape index (κ2) is 2.32. The first-order chi connectivity index (χ1) is 4.49. The van der Waals surface area contributed by atoms with Crippen LogP contribution in [0.25, 0.3) is 0 Å². The first-order valence-electron chi connectivity index (χ1n) is 2.99. The van der Waals surface area contributed by atoms with Crippen molar-refractivity contribution >= 4 is 15.8 Å². The maximum atomic E-state index is 10.6. The SMILES string of the molecule is CS(=O)(=O)NC1CCC1=O. The number of carbonyl (C=O) groups excluding carboxylic acids is 1. The van der Waals surface area contributed by atoms with E-state index >= 15 is 0 Å². The predicted molar refractivity (Wildman–Crippen MR) is 36.0 cm³/mol. The minimum atomic E-state index is -3.19. The molecule has 1 atom stereocenters. The summed E-state index contributed by atoms with van der Waals surface area (Å²) in [6.45, 7) is 0. The van der Waals surface area contributed by atoms with Crippen molar-refractivity contribution in [2.75, 3.05) is 6.26 Å². The standard InChI is InChI=1S/C5H9NO3S/c1-10(8,9)6-4-2-3-5(4)7/h4,6H,2-3H2,1H3. The minimum absolute atomic E-state index is 0.00887. The van der Waals surface area contributed by atoms with Crippen LogP contribution in [0.5, 0.6) is 0 Å². The molecule has 10 heavy (non-hydrogen) atoms. The number of nitrogens with one attached hydrogen (secondary N) is 1. The van der Waals surface area contributed by atoms with Crippen molar-refractivity contribution < 1.29 is 13.2 Å². The third-order valence-corrected chi connectivity index (χ3v) is 2.14. The summed E-state index contributed by atoms with van der Waals surface area (Å²) in [5.74, 6) is -0.00887. The third-order valence-electron chi connectivity index (χ3n) is 1.42. The van der Waals surface area contributed by atoms with Crippen molar-refractivity contribution in [3.8, 4) is 0 Å². The van der Waals surface area contributed by atoms with Crippen LogP contribution >= 0.6 is 0 Å². The number of hydrogen-bond donors (Lipinski definition) is 1. The normalized spacial score (nSPS) is 26.1. The first-order valence-corrected chi connectivity index (χ1v) is 4.88. The van der Waals surface area contributed by atoms with E-state index < -0.39 is 16.1 Å². The molecule has 1 aliphatic rings. The molecule has 5 heteroatoms. The van der Waals surface area contributed by atoms with Crippen molar-refractivity contribution in [1.82, 2.24) is 4.72 Å². The average Bonchev–Trinajstić information content (AvgIpc) is 1.78. The van der Waals surface area contributed by atoms with Crippen LogP contribution in [-0.2, 0) is 14.8 Å². The van der Waals surface area contributed by atoms with E-state index in [0.717, 1.165) is 6.26 Å². The van der Waals surface area contributed by atoms with Gasteiger partial charge >= 0.3 is 0 Å². The van der Waals surface area contributed by atoms with Crippen molar-refractivity contribution in [3.63, 3.8) is 0 Å². The van der Waals surface area contributed by atoms with Gasteiger partial charge in [-0.05, 0) is 6.42 Å². The molecule has 0 amide bonds. The largest absolute Gasteiger partial charge is 0.298 e. The van der Waals surface area contributed by atoms with Gasteiger partial charge in [0.2, 0.25) is 10.0 Å². The van der Waals surface area contributed by atoms with Gasteiger partial charge in [0.25, 0.3) is 0 Å². The summed E-state index contributed by atoms with van der Waals surface area (Å²) in [4.78, 5) is 10.6. The van der Waals surface area contributed by atoms with E-state index in [1.807, 2.05) is 0 Å². The van der Waals surface area contributed by atoms with E-state index in [0.29, 0.717) is 12.8 Å². The molecule has 0 bridgehead atoms. The lowest BCUT2D eigenvalue weighted by atomic mass is 9.92. The molecule has 0 spiro atoms. The van der Waals surface area contributed by atoms with Crippen LogP contribution in [0.3, 0.4) is 0 Å². The van der Waals surface area contributed by atoms with Crippen LogP contribution in [0.15, 0.2) is 0 Å². The van der Waals surface area contributed by atoms with Gasteiger partial charge in [-0.25, -0.2) is 13.1 Å². The highest BCUT2D eigenvalue weighted by Crippen LogP contribution is 2.14. The fraction of sp³-hybridized carbons (Fsp3) is 0.800. The zero-order valence-corrected chi connectivity index (χ0v) is 6.44. The molecule has 0 saturated heterocycles. The van der Waals surface area contributed by atoms with E-state index in [4.69, 9.17) is 0 Å². The van der Waals surface area contributed by atoms with Gasteiger partial charge in [0.05, 0.1) is 12.3 Å². The molecule has 1 saturated carbocycles. The summed E-state index contributed by atoms with van der Waals surface area (Å²) in [6.07, 6.45) is 2.21.